The highest BCUT2D eigenvalue weighted by molar-refractivity contribution is 5.71. The molecule has 3 nitrogen and oxygen atoms in total. The van der Waals surface area contributed by atoms with E-state index in [1.807, 2.05) is 0 Å². The summed E-state index contributed by atoms with van der Waals surface area (Å²) in [6.45, 7) is 8.14. The first-order valence-electron chi connectivity index (χ1n) is 4.47. The van der Waals surface area contributed by atoms with Crippen LogP contribution in [0.15, 0.2) is 4.99 Å². The largest absolute Gasteiger partial charge is 0.465 e. The summed E-state index contributed by atoms with van der Waals surface area (Å²) in [7, 11) is 0. The Kier molecular flexibility index (Phi) is 2.60. The second-order valence-electron chi connectivity index (χ2n) is 4.07. The van der Waals surface area contributed by atoms with E-state index in [2.05, 4.69) is 25.8 Å². The fourth-order valence-corrected chi connectivity index (χ4v) is 1.23. The van der Waals surface area contributed by atoms with Crippen molar-refractivity contribution in [2.75, 3.05) is 13.2 Å². The molecule has 12 heavy (non-hydrogen) atoms. The molecule has 0 saturated heterocycles. The van der Waals surface area contributed by atoms with Crippen molar-refractivity contribution in [1.82, 2.24) is 0 Å². The standard InChI is InChI=1S/C9H18N2O/c1-7(2)9(3)4-5-11-8(10)12-6-9/h7H,4-6H2,1-3H3,(H2,10,11). The zero-order valence-electron chi connectivity index (χ0n) is 8.13. The Morgan fingerprint density at radius 1 is 1.58 bits per heavy atom. The lowest BCUT2D eigenvalue weighted by Gasteiger charge is -2.31. The first-order chi connectivity index (χ1) is 5.54. The molecule has 1 unspecified atom stereocenters. The summed E-state index contributed by atoms with van der Waals surface area (Å²) in [5, 5.41) is 0. The molecule has 0 aromatic heterocycles. The van der Waals surface area contributed by atoms with Gasteiger partial charge < -0.3 is 10.5 Å². The van der Waals surface area contributed by atoms with Gasteiger partial charge in [0.2, 0.25) is 0 Å². The Hall–Kier alpha value is -0.730. The molecule has 1 atom stereocenters. The van der Waals surface area contributed by atoms with Gasteiger partial charge in [0.25, 0.3) is 6.02 Å². The van der Waals surface area contributed by atoms with E-state index < -0.39 is 0 Å². The summed E-state index contributed by atoms with van der Waals surface area (Å²) in [5.74, 6) is 0.610. The van der Waals surface area contributed by atoms with Gasteiger partial charge in [-0.05, 0) is 12.3 Å². The van der Waals surface area contributed by atoms with Gasteiger partial charge >= 0.3 is 0 Å². The first-order valence-corrected chi connectivity index (χ1v) is 4.47. The van der Waals surface area contributed by atoms with E-state index in [1.54, 1.807) is 0 Å². The van der Waals surface area contributed by atoms with Crippen molar-refractivity contribution in [3.63, 3.8) is 0 Å². The summed E-state index contributed by atoms with van der Waals surface area (Å²) in [5.41, 5.74) is 5.71. The van der Waals surface area contributed by atoms with Crippen molar-refractivity contribution in [3.05, 3.63) is 0 Å². The maximum atomic E-state index is 5.48. The molecular formula is C9H18N2O. The van der Waals surface area contributed by atoms with Crippen LogP contribution in [0.2, 0.25) is 0 Å². The third-order valence-corrected chi connectivity index (χ3v) is 2.89. The molecule has 2 N–H and O–H groups in total. The summed E-state index contributed by atoms with van der Waals surface area (Å²) < 4.78 is 5.31. The average molecular weight is 170 g/mol. The molecule has 0 fully saturated rings. The molecule has 1 aliphatic heterocycles. The third kappa shape index (κ3) is 1.90. The predicted molar refractivity (Wildman–Crippen MR) is 50.0 cm³/mol. The second-order valence-corrected chi connectivity index (χ2v) is 4.07. The lowest BCUT2D eigenvalue weighted by molar-refractivity contribution is 0.103. The van der Waals surface area contributed by atoms with Crippen LogP contribution in [0.3, 0.4) is 0 Å². The molecule has 0 aromatic rings. The Labute approximate surface area is 74.0 Å². The van der Waals surface area contributed by atoms with Crippen LogP contribution in [-0.4, -0.2) is 19.2 Å². The van der Waals surface area contributed by atoms with Crippen molar-refractivity contribution in [1.29, 1.82) is 0 Å². The van der Waals surface area contributed by atoms with Gasteiger partial charge in [-0.25, -0.2) is 4.99 Å². The van der Waals surface area contributed by atoms with Gasteiger partial charge in [-0.3, -0.25) is 0 Å². The van der Waals surface area contributed by atoms with Crippen LogP contribution < -0.4 is 5.73 Å². The SMILES string of the molecule is CC(C)C1(C)CCN=C(N)OC1. The predicted octanol–water partition coefficient (Wildman–Crippen LogP) is 1.38. The Morgan fingerprint density at radius 2 is 2.25 bits per heavy atom. The summed E-state index contributed by atoms with van der Waals surface area (Å²) in [4.78, 5) is 4.07. The first kappa shape index (κ1) is 9.36. The van der Waals surface area contributed by atoms with E-state index in [4.69, 9.17) is 10.5 Å². The minimum Gasteiger partial charge on any atom is -0.465 e. The lowest BCUT2D eigenvalue weighted by Crippen LogP contribution is -2.30. The number of aliphatic imine (C=N–C) groups is 1. The summed E-state index contributed by atoms with van der Waals surface area (Å²) in [6, 6.07) is 0.347. The van der Waals surface area contributed by atoms with E-state index in [-0.39, 0.29) is 5.41 Å². The fourth-order valence-electron chi connectivity index (χ4n) is 1.23. The van der Waals surface area contributed by atoms with Crippen molar-refractivity contribution in [2.45, 2.75) is 27.2 Å². The molecule has 3 heteroatoms. The molecule has 1 rings (SSSR count). The number of ether oxygens (including phenoxy) is 1. The van der Waals surface area contributed by atoms with E-state index in [0.717, 1.165) is 13.0 Å². The van der Waals surface area contributed by atoms with Crippen LogP contribution >= 0.6 is 0 Å². The molecule has 1 aliphatic rings. The molecule has 0 saturated carbocycles. The maximum absolute atomic E-state index is 5.48. The van der Waals surface area contributed by atoms with Gasteiger partial charge in [0.05, 0.1) is 6.61 Å². The Morgan fingerprint density at radius 3 is 2.83 bits per heavy atom. The zero-order chi connectivity index (χ0) is 9.19. The Balaban J connectivity index is 2.61. The summed E-state index contributed by atoms with van der Waals surface area (Å²) in [6.07, 6.45) is 1.06. The molecular weight excluding hydrogens is 152 g/mol. The highest BCUT2D eigenvalue weighted by Gasteiger charge is 2.30. The molecule has 0 radical (unpaired) electrons. The highest BCUT2D eigenvalue weighted by Crippen LogP contribution is 2.32. The number of hydrogen-bond acceptors (Lipinski definition) is 3. The van der Waals surface area contributed by atoms with Gasteiger partial charge in [-0.1, -0.05) is 20.8 Å². The number of rotatable bonds is 1. The molecule has 70 valence electrons. The Bertz CT molecular complexity index is 189. The third-order valence-electron chi connectivity index (χ3n) is 2.89. The molecule has 0 aromatic carbocycles. The molecule has 0 aliphatic carbocycles. The minimum absolute atomic E-state index is 0.227. The van der Waals surface area contributed by atoms with E-state index in [1.165, 1.54) is 0 Å². The lowest BCUT2D eigenvalue weighted by atomic mass is 9.77. The molecule has 0 amide bonds. The number of nitrogens with zero attached hydrogens (tertiary/aromatic N) is 1. The highest BCUT2D eigenvalue weighted by atomic mass is 16.5. The van der Waals surface area contributed by atoms with Crippen LogP contribution in [0, 0.1) is 11.3 Å². The van der Waals surface area contributed by atoms with Crippen molar-refractivity contribution in [3.8, 4) is 0 Å². The van der Waals surface area contributed by atoms with E-state index in [9.17, 15) is 0 Å². The molecule has 1 heterocycles. The van der Waals surface area contributed by atoms with Gasteiger partial charge in [-0.2, -0.15) is 0 Å². The normalized spacial score (nSPS) is 30.8. The monoisotopic (exact) mass is 170 g/mol. The van der Waals surface area contributed by atoms with Crippen LogP contribution in [0.1, 0.15) is 27.2 Å². The van der Waals surface area contributed by atoms with Crippen LogP contribution in [0.5, 0.6) is 0 Å². The number of nitrogens with two attached hydrogens (primary N) is 1. The quantitative estimate of drug-likeness (QED) is 0.646. The number of hydrogen-bond donors (Lipinski definition) is 1. The van der Waals surface area contributed by atoms with Gasteiger partial charge in [0.1, 0.15) is 0 Å². The fraction of sp³-hybridized carbons (Fsp3) is 0.889. The van der Waals surface area contributed by atoms with Crippen LogP contribution in [-0.2, 0) is 4.74 Å². The van der Waals surface area contributed by atoms with Gasteiger partial charge in [0, 0.05) is 12.0 Å². The zero-order valence-corrected chi connectivity index (χ0v) is 8.13. The topological polar surface area (TPSA) is 47.6 Å². The van der Waals surface area contributed by atoms with Crippen molar-refractivity contribution in [2.24, 2.45) is 22.1 Å². The second kappa shape index (κ2) is 3.33. The summed E-state index contributed by atoms with van der Waals surface area (Å²) >= 11 is 0. The molecule has 0 bridgehead atoms. The maximum Gasteiger partial charge on any atom is 0.281 e. The van der Waals surface area contributed by atoms with Crippen molar-refractivity contribution >= 4 is 6.02 Å². The molecule has 0 spiro atoms. The van der Waals surface area contributed by atoms with E-state index >= 15 is 0 Å². The van der Waals surface area contributed by atoms with Crippen molar-refractivity contribution < 1.29 is 4.74 Å². The smallest absolute Gasteiger partial charge is 0.281 e. The van der Waals surface area contributed by atoms with Gasteiger partial charge in [0.15, 0.2) is 0 Å². The van der Waals surface area contributed by atoms with Crippen LogP contribution in [0.4, 0.5) is 0 Å². The average Bonchev–Trinajstić information content (AvgIpc) is 2.15. The van der Waals surface area contributed by atoms with Gasteiger partial charge in [-0.15, -0.1) is 0 Å². The van der Waals surface area contributed by atoms with E-state index in [0.29, 0.717) is 18.5 Å². The minimum atomic E-state index is 0.227. The number of amidine groups is 1. The van der Waals surface area contributed by atoms with Crippen LogP contribution in [0.25, 0.3) is 0 Å².